The molecule has 0 aromatic heterocycles. The Balaban J connectivity index is 1.44. The summed E-state index contributed by atoms with van der Waals surface area (Å²) >= 11 is 0. The molecule has 0 heterocycles. The van der Waals surface area contributed by atoms with Gasteiger partial charge in [-0.3, -0.25) is 14.5 Å². The number of nitrogens with one attached hydrogen (secondary N) is 1. The second-order valence-corrected chi connectivity index (χ2v) is 8.45. The normalized spacial score (nSPS) is 14.9. The predicted octanol–water partition coefficient (Wildman–Crippen LogP) is 4.61. The number of fused-ring (bicyclic) bond motifs is 1. The maximum atomic E-state index is 12.7. The number of hydrogen-bond acceptors (Lipinski definition) is 3. The third-order valence-electron chi connectivity index (χ3n) is 6.13. The number of nitrogens with two attached hydrogens (primary N) is 1. The average Bonchev–Trinajstić information content (AvgIpc) is 3.22. The number of nitrogens with zero attached hydrogens (tertiary/aromatic N) is 1. The smallest absolute Gasteiger partial charge is 0.248 e. The van der Waals surface area contributed by atoms with Gasteiger partial charge in [0.1, 0.15) is 0 Å². The largest absolute Gasteiger partial charge is 0.366 e. The Bertz CT molecular complexity index is 1090. The summed E-state index contributed by atoms with van der Waals surface area (Å²) in [6, 6.07) is 24.2. The fourth-order valence-corrected chi connectivity index (χ4v) is 4.37. The van der Waals surface area contributed by atoms with Crippen molar-refractivity contribution < 1.29 is 9.59 Å². The van der Waals surface area contributed by atoms with Crippen LogP contribution in [0.15, 0.2) is 72.8 Å². The monoisotopic (exact) mass is 427 g/mol. The van der Waals surface area contributed by atoms with E-state index in [1.807, 2.05) is 0 Å². The van der Waals surface area contributed by atoms with Gasteiger partial charge in [0.25, 0.3) is 0 Å². The molecule has 3 aromatic carbocycles. The Morgan fingerprint density at radius 1 is 1.00 bits per heavy atom. The van der Waals surface area contributed by atoms with Gasteiger partial charge < -0.3 is 11.1 Å². The fraction of sp³-hybridized carbons (Fsp3) is 0.259. The first-order valence-electron chi connectivity index (χ1n) is 11.1. The molecular weight excluding hydrogens is 398 g/mol. The minimum atomic E-state index is -0.480. The topological polar surface area (TPSA) is 75.4 Å². The third-order valence-corrected chi connectivity index (χ3v) is 6.13. The first-order valence-corrected chi connectivity index (χ1v) is 11.1. The van der Waals surface area contributed by atoms with Crippen molar-refractivity contribution in [2.75, 3.05) is 11.9 Å². The number of amides is 2. The van der Waals surface area contributed by atoms with E-state index in [-0.39, 0.29) is 5.91 Å². The molecule has 0 radical (unpaired) electrons. The van der Waals surface area contributed by atoms with Crippen molar-refractivity contribution in [3.05, 3.63) is 101 Å². The van der Waals surface area contributed by atoms with Crippen LogP contribution in [0.1, 0.15) is 51.5 Å². The maximum absolute atomic E-state index is 12.7. The van der Waals surface area contributed by atoms with Crippen LogP contribution in [0.25, 0.3) is 0 Å². The number of carbonyl (C=O) groups is 2. The van der Waals surface area contributed by atoms with E-state index in [2.05, 4.69) is 65.7 Å². The summed E-state index contributed by atoms with van der Waals surface area (Å²) in [6.45, 7) is 3.56. The van der Waals surface area contributed by atoms with E-state index in [9.17, 15) is 9.59 Å². The van der Waals surface area contributed by atoms with Crippen LogP contribution in [-0.2, 0) is 17.8 Å². The number of benzene rings is 3. The van der Waals surface area contributed by atoms with E-state index < -0.39 is 5.91 Å². The molecule has 1 atom stereocenters. The third kappa shape index (κ3) is 5.24. The molecule has 3 N–H and O–H groups in total. The van der Waals surface area contributed by atoms with Crippen LogP contribution in [0.5, 0.6) is 0 Å². The summed E-state index contributed by atoms with van der Waals surface area (Å²) in [7, 11) is 0. The highest BCUT2D eigenvalue weighted by Crippen LogP contribution is 2.36. The minimum absolute atomic E-state index is 0.0444. The summed E-state index contributed by atoms with van der Waals surface area (Å²) in [5.41, 5.74) is 11.6. The first-order chi connectivity index (χ1) is 15.5. The lowest BCUT2D eigenvalue weighted by Gasteiger charge is -2.29. The minimum Gasteiger partial charge on any atom is -0.366 e. The quantitative estimate of drug-likeness (QED) is 0.551. The summed E-state index contributed by atoms with van der Waals surface area (Å²) in [4.78, 5) is 26.3. The highest BCUT2D eigenvalue weighted by Gasteiger charge is 2.28. The lowest BCUT2D eigenvalue weighted by atomic mass is 10.0. The molecule has 0 aliphatic heterocycles. The van der Waals surface area contributed by atoms with Crippen LogP contribution in [0.2, 0.25) is 0 Å². The average molecular weight is 428 g/mol. The summed E-state index contributed by atoms with van der Waals surface area (Å²) in [6.07, 6.45) is 2.53. The SMILES string of the molecule is Cc1ccc(CN(CCC(=O)Nc2ccc(C(N)=O)cc2)C2CCc3ccccc32)cc1. The van der Waals surface area contributed by atoms with E-state index in [0.717, 1.165) is 19.4 Å². The van der Waals surface area contributed by atoms with Crippen LogP contribution in [0, 0.1) is 6.92 Å². The van der Waals surface area contributed by atoms with Gasteiger partial charge in [-0.15, -0.1) is 0 Å². The molecule has 2 amide bonds. The summed E-state index contributed by atoms with van der Waals surface area (Å²) in [5, 5.41) is 2.93. The summed E-state index contributed by atoms with van der Waals surface area (Å²) in [5.74, 6) is -0.525. The van der Waals surface area contributed by atoms with Crippen LogP contribution in [0.3, 0.4) is 0 Å². The molecule has 0 saturated heterocycles. The Labute approximate surface area is 189 Å². The van der Waals surface area contributed by atoms with Crippen LogP contribution in [-0.4, -0.2) is 23.3 Å². The highest BCUT2D eigenvalue weighted by molar-refractivity contribution is 5.94. The van der Waals surface area contributed by atoms with Gasteiger partial charge in [0, 0.05) is 36.8 Å². The summed E-state index contributed by atoms with van der Waals surface area (Å²) < 4.78 is 0. The Morgan fingerprint density at radius 2 is 1.72 bits per heavy atom. The van der Waals surface area contributed by atoms with Crippen molar-refractivity contribution in [1.82, 2.24) is 4.90 Å². The van der Waals surface area contributed by atoms with Crippen LogP contribution in [0.4, 0.5) is 5.69 Å². The Morgan fingerprint density at radius 3 is 2.44 bits per heavy atom. The molecule has 5 heteroatoms. The molecule has 0 saturated carbocycles. The number of carbonyl (C=O) groups excluding carboxylic acids is 2. The number of primary amides is 1. The van der Waals surface area contributed by atoms with Gasteiger partial charge in [-0.2, -0.15) is 0 Å². The molecule has 1 unspecified atom stereocenters. The molecule has 1 aliphatic carbocycles. The number of rotatable bonds is 8. The zero-order valence-corrected chi connectivity index (χ0v) is 18.4. The molecular formula is C27H29N3O2. The number of aryl methyl sites for hydroxylation is 2. The molecule has 4 rings (SSSR count). The molecule has 164 valence electrons. The van der Waals surface area contributed by atoms with Crippen molar-refractivity contribution >= 4 is 17.5 Å². The van der Waals surface area contributed by atoms with Gasteiger partial charge in [0.2, 0.25) is 11.8 Å². The standard InChI is InChI=1S/C27H29N3O2/c1-19-6-8-20(9-7-19)18-30(25-15-12-21-4-2-3-5-24(21)25)17-16-26(31)29-23-13-10-22(11-14-23)27(28)32/h2-11,13-14,25H,12,15-18H2,1H3,(H2,28,32)(H,29,31). The first kappa shape index (κ1) is 21.8. The van der Waals surface area contributed by atoms with Crippen molar-refractivity contribution in [2.24, 2.45) is 5.73 Å². The van der Waals surface area contributed by atoms with Gasteiger partial charge in [0.15, 0.2) is 0 Å². The molecule has 32 heavy (non-hydrogen) atoms. The van der Waals surface area contributed by atoms with Gasteiger partial charge in [-0.1, -0.05) is 54.1 Å². The molecule has 0 fully saturated rings. The van der Waals surface area contributed by atoms with E-state index in [4.69, 9.17) is 5.73 Å². The number of anilines is 1. The molecule has 5 nitrogen and oxygen atoms in total. The zero-order chi connectivity index (χ0) is 22.5. The van der Waals surface area contributed by atoms with E-state index in [1.165, 1.54) is 22.3 Å². The second kappa shape index (κ2) is 9.79. The van der Waals surface area contributed by atoms with Gasteiger partial charge >= 0.3 is 0 Å². The lowest BCUT2D eigenvalue weighted by molar-refractivity contribution is -0.116. The lowest BCUT2D eigenvalue weighted by Crippen LogP contribution is -2.30. The van der Waals surface area contributed by atoms with Crippen LogP contribution < -0.4 is 11.1 Å². The molecule has 3 aromatic rings. The fourth-order valence-electron chi connectivity index (χ4n) is 4.37. The van der Waals surface area contributed by atoms with Gasteiger partial charge in [0.05, 0.1) is 0 Å². The van der Waals surface area contributed by atoms with E-state index in [1.54, 1.807) is 24.3 Å². The second-order valence-electron chi connectivity index (χ2n) is 8.45. The maximum Gasteiger partial charge on any atom is 0.248 e. The van der Waals surface area contributed by atoms with Crippen molar-refractivity contribution in [3.8, 4) is 0 Å². The Hall–Kier alpha value is -3.44. The van der Waals surface area contributed by atoms with E-state index in [0.29, 0.717) is 30.3 Å². The number of hydrogen-bond donors (Lipinski definition) is 2. The van der Waals surface area contributed by atoms with Gasteiger partial charge in [-0.05, 0) is 60.7 Å². The van der Waals surface area contributed by atoms with Crippen molar-refractivity contribution in [2.45, 2.75) is 38.8 Å². The van der Waals surface area contributed by atoms with E-state index >= 15 is 0 Å². The predicted molar refractivity (Wildman–Crippen MR) is 127 cm³/mol. The molecule has 0 bridgehead atoms. The molecule has 0 spiro atoms. The Kier molecular flexibility index (Phi) is 6.66. The van der Waals surface area contributed by atoms with Crippen molar-refractivity contribution in [3.63, 3.8) is 0 Å². The molecule has 1 aliphatic rings. The van der Waals surface area contributed by atoms with Crippen LogP contribution >= 0.6 is 0 Å². The van der Waals surface area contributed by atoms with Gasteiger partial charge in [-0.25, -0.2) is 0 Å². The highest BCUT2D eigenvalue weighted by atomic mass is 16.2. The zero-order valence-electron chi connectivity index (χ0n) is 18.4. The van der Waals surface area contributed by atoms with Crippen molar-refractivity contribution in [1.29, 1.82) is 0 Å².